The third-order valence-electron chi connectivity index (χ3n) is 2.02. The normalized spacial score (nSPS) is 10.7. The predicted molar refractivity (Wildman–Crippen MR) is 74.0 cm³/mol. The number of para-hydroxylation sites is 2. The molecule has 0 fully saturated rings. The van der Waals surface area contributed by atoms with Crippen LogP contribution >= 0.6 is 0 Å². The van der Waals surface area contributed by atoms with Gasteiger partial charge in [-0.2, -0.15) is 0 Å². The minimum absolute atomic E-state index is 0.124. The molecule has 1 aromatic carbocycles. The van der Waals surface area contributed by atoms with Crippen LogP contribution in [-0.2, 0) is 9.53 Å². The Hall–Kier alpha value is -2.08. The molecular weight excluding hydrogens is 246 g/mol. The lowest BCUT2D eigenvalue weighted by atomic mass is 10.2. The number of hydrogen-bond donors (Lipinski definition) is 3. The Morgan fingerprint density at radius 3 is 2.16 bits per heavy atom. The lowest BCUT2D eigenvalue weighted by Gasteiger charge is -2.20. The molecule has 4 N–H and O–H groups in total. The lowest BCUT2D eigenvalue weighted by Crippen LogP contribution is -2.28. The molecular formula is C13H19N3O3. The van der Waals surface area contributed by atoms with Crippen molar-refractivity contribution >= 4 is 23.4 Å². The summed E-state index contributed by atoms with van der Waals surface area (Å²) in [5.41, 5.74) is 5.58. The number of carbonyl (C=O) groups excluding carboxylic acids is 2. The second-order valence-electron chi connectivity index (χ2n) is 4.92. The lowest BCUT2D eigenvalue weighted by molar-refractivity contribution is -0.114. The first-order valence-corrected chi connectivity index (χ1v) is 5.91. The number of hydrogen-bond acceptors (Lipinski definition) is 4. The molecule has 0 saturated heterocycles. The van der Waals surface area contributed by atoms with Crippen molar-refractivity contribution in [1.82, 2.24) is 0 Å². The van der Waals surface area contributed by atoms with E-state index in [0.29, 0.717) is 11.4 Å². The van der Waals surface area contributed by atoms with Crippen molar-refractivity contribution < 1.29 is 14.3 Å². The van der Waals surface area contributed by atoms with Gasteiger partial charge in [0.05, 0.1) is 17.9 Å². The highest BCUT2D eigenvalue weighted by Crippen LogP contribution is 2.21. The van der Waals surface area contributed by atoms with E-state index in [1.54, 1.807) is 45.0 Å². The van der Waals surface area contributed by atoms with E-state index in [1.165, 1.54) is 0 Å². The molecule has 0 unspecified atom stereocenters. The van der Waals surface area contributed by atoms with Crippen LogP contribution in [0.5, 0.6) is 0 Å². The highest BCUT2D eigenvalue weighted by Gasteiger charge is 2.17. The summed E-state index contributed by atoms with van der Waals surface area (Å²) in [6, 6.07) is 6.81. The van der Waals surface area contributed by atoms with Crippen molar-refractivity contribution in [2.45, 2.75) is 26.4 Å². The summed E-state index contributed by atoms with van der Waals surface area (Å²) in [6.45, 7) is 5.19. The van der Waals surface area contributed by atoms with Gasteiger partial charge in [0.1, 0.15) is 5.60 Å². The smallest absolute Gasteiger partial charge is 0.412 e. The molecule has 0 spiro atoms. The van der Waals surface area contributed by atoms with E-state index < -0.39 is 11.7 Å². The molecule has 1 aromatic rings. The average molecular weight is 265 g/mol. The summed E-state index contributed by atoms with van der Waals surface area (Å²) in [5.74, 6) is -0.335. The van der Waals surface area contributed by atoms with Crippen molar-refractivity contribution in [1.29, 1.82) is 0 Å². The molecule has 6 nitrogen and oxygen atoms in total. The molecule has 2 amide bonds. The zero-order valence-corrected chi connectivity index (χ0v) is 11.3. The Labute approximate surface area is 112 Å². The summed E-state index contributed by atoms with van der Waals surface area (Å²) in [5, 5.41) is 5.17. The van der Waals surface area contributed by atoms with Gasteiger partial charge < -0.3 is 15.8 Å². The molecule has 0 aliphatic rings. The highest BCUT2D eigenvalue weighted by atomic mass is 16.6. The van der Waals surface area contributed by atoms with Gasteiger partial charge in [0.25, 0.3) is 0 Å². The van der Waals surface area contributed by atoms with E-state index in [-0.39, 0.29) is 12.5 Å². The first-order valence-electron chi connectivity index (χ1n) is 5.91. The Bertz CT molecular complexity index is 466. The van der Waals surface area contributed by atoms with Gasteiger partial charge in [-0.3, -0.25) is 10.1 Å². The zero-order valence-electron chi connectivity index (χ0n) is 11.3. The number of benzene rings is 1. The molecule has 0 atom stereocenters. The number of amides is 2. The molecule has 0 bridgehead atoms. The fourth-order valence-electron chi connectivity index (χ4n) is 1.32. The summed E-state index contributed by atoms with van der Waals surface area (Å²) in [6.07, 6.45) is -0.582. The average Bonchev–Trinajstić information content (AvgIpc) is 2.29. The predicted octanol–water partition coefficient (Wildman–Crippen LogP) is 1.93. The second kappa shape index (κ2) is 6.19. The van der Waals surface area contributed by atoms with Crippen molar-refractivity contribution in [3.8, 4) is 0 Å². The van der Waals surface area contributed by atoms with Crippen LogP contribution in [0, 0.1) is 0 Å². The van der Waals surface area contributed by atoms with Crippen LogP contribution in [0.4, 0.5) is 16.2 Å². The quantitative estimate of drug-likeness (QED) is 0.778. The van der Waals surface area contributed by atoms with Gasteiger partial charge in [0.15, 0.2) is 0 Å². The van der Waals surface area contributed by atoms with Gasteiger partial charge in [-0.1, -0.05) is 12.1 Å². The monoisotopic (exact) mass is 265 g/mol. The molecule has 1 rings (SSSR count). The Kier molecular flexibility index (Phi) is 4.88. The van der Waals surface area contributed by atoms with E-state index in [4.69, 9.17) is 10.5 Å². The fourth-order valence-corrected chi connectivity index (χ4v) is 1.32. The van der Waals surface area contributed by atoms with Crippen molar-refractivity contribution in [3.63, 3.8) is 0 Å². The number of nitrogens with two attached hydrogens (primary N) is 1. The maximum atomic E-state index is 11.7. The van der Waals surface area contributed by atoms with E-state index in [9.17, 15) is 9.59 Å². The third-order valence-corrected chi connectivity index (χ3v) is 2.02. The standard InChI is InChI=1S/C13H19N3O3/c1-13(2,3)19-12(18)16-10-7-5-4-6-9(10)15-11(17)8-14/h4-7H,8,14H2,1-3H3,(H,15,17)(H,16,18). The minimum Gasteiger partial charge on any atom is -0.444 e. The number of anilines is 2. The molecule has 0 aliphatic carbocycles. The van der Waals surface area contributed by atoms with Crippen molar-refractivity contribution in [2.75, 3.05) is 17.2 Å². The van der Waals surface area contributed by atoms with E-state index >= 15 is 0 Å². The maximum absolute atomic E-state index is 11.7. The maximum Gasteiger partial charge on any atom is 0.412 e. The van der Waals surface area contributed by atoms with Gasteiger partial charge in [-0.25, -0.2) is 4.79 Å². The van der Waals surface area contributed by atoms with E-state index in [1.807, 2.05) is 0 Å². The van der Waals surface area contributed by atoms with Crippen LogP contribution in [0.1, 0.15) is 20.8 Å². The summed E-state index contributed by atoms with van der Waals surface area (Å²) < 4.78 is 5.14. The summed E-state index contributed by atoms with van der Waals surface area (Å²) in [4.78, 5) is 22.9. The van der Waals surface area contributed by atoms with Crippen LogP contribution in [0.2, 0.25) is 0 Å². The molecule has 6 heteroatoms. The van der Waals surface area contributed by atoms with Crippen LogP contribution in [0.25, 0.3) is 0 Å². The topological polar surface area (TPSA) is 93.5 Å². The molecule has 0 aliphatic heterocycles. The molecule has 0 saturated carbocycles. The van der Waals surface area contributed by atoms with E-state index in [2.05, 4.69) is 10.6 Å². The first-order chi connectivity index (χ1) is 8.81. The van der Waals surface area contributed by atoms with Gasteiger partial charge >= 0.3 is 6.09 Å². The van der Waals surface area contributed by atoms with Gasteiger partial charge in [0, 0.05) is 0 Å². The zero-order chi connectivity index (χ0) is 14.5. The molecule has 0 heterocycles. The Morgan fingerprint density at radius 2 is 1.68 bits per heavy atom. The summed E-state index contributed by atoms with van der Waals surface area (Å²) >= 11 is 0. The molecule has 104 valence electrons. The Morgan fingerprint density at radius 1 is 1.16 bits per heavy atom. The first kappa shape index (κ1) is 15.0. The molecule has 19 heavy (non-hydrogen) atoms. The van der Waals surface area contributed by atoms with Crippen molar-refractivity contribution in [2.24, 2.45) is 5.73 Å². The Balaban J connectivity index is 2.78. The van der Waals surface area contributed by atoms with Crippen LogP contribution in [-0.4, -0.2) is 24.1 Å². The number of nitrogens with one attached hydrogen (secondary N) is 2. The van der Waals surface area contributed by atoms with E-state index in [0.717, 1.165) is 0 Å². The van der Waals surface area contributed by atoms with Crippen LogP contribution < -0.4 is 16.4 Å². The SMILES string of the molecule is CC(C)(C)OC(=O)Nc1ccccc1NC(=O)CN. The third kappa shape index (κ3) is 5.39. The van der Waals surface area contributed by atoms with Gasteiger partial charge in [-0.15, -0.1) is 0 Å². The van der Waals surface area contributed by atoms with Crippen LogP contribution in [0.3, 0.4) is 0 Å². The fraction of sp³-hybridized carbons (Fsp3) is 0.385. The van der Waals surface area contributed by atoms with Gasteiger partial charge in [0.2, 0.25) is 5.91 Å². The number of ether oxygens (including phenoxy) is 1. The van der Waals surface area contributed by atoms with Gasteiger partial charge in [-0.05, 0) is 32.9 Å². The second-order valence-corrected chi connectivity index (χ2v) is 4.92. The number of rotatable bonds is 3. The minimum atomic E-state index is -0.584. The largest absolute Gasteiger partial charge is 0.444 e. The molecule has 0 radical (unpaired) electrons. The number of carbonyl (C=O) groups is 2. The summed E-state index contributed by atoms with van der Waals surface area (Å²) in [7, 11) is 0. The molecule has 0 aromatic heterocycles. The van der Waals surface area contributed by atoms with Crippen molar-refractivity contribution in [3.05, 3.63) is 24.3 Å². The van der Waals surface area contributed by atoms with Crippen LogP contribution in [0.15, 0.2) is 24.3 Å². The highest BCUT2D eigenvalue weighted by molar-refractivity contribution is 5.98.